The molecule has 0 spiro atoms. The number of hydrogen-bond donors (Lipinski definition) is 2. The molecule has 0 unspecified atom stereocenters. The molecule has 12 heteroatoms. The lowest BCUT2D eigenvalue weighted by atomic mass is 9.71. The van der Waals surface area contributed by atoms with Gasteiger partial charge in [-0.15, -0.1) is 0 Å². The Morgan fingerprint density at radius 3 is 2.68 bits per heavy atom. The largest absolute Gasteiger partial charge is 0.480 e. The molecule has 10 nitrogen and oxygen atoms in total. The molecule has 0 saturated carbocycles. The van der Waals surface area contributed by atoms with E-state index < -0.39 is 37.8 Å². The van der Waals surface area contributed by atoms with E-state index in [1.54, 1.807) is 6.92 Å². The van der Waals surface area contributed by atoms with E-state index in [0.717, 1.165) is 6.26 Å². The SMILES string of the molecule is COc1cnc(C(=O)Nc2ccc(F)c([C@@]34CO[C@@H](C)[C@@H]3C[C@](C)(S(C)(=O)=O)C(N)=N4)c2)cn1. The van der Waals surface area contributed by atoms with Gasteiger partial charge < -0.3 is 20.5 Å². The zero-order valence-electron chi connectivity index (χ0n) is 19.2. The summed E-state index contributed by atoms with van der Waals surface area (Å²) in [5, 5.41) is 2.68. The molecule has 1 aromatic carbocycles. The van der Waals surface area contributed by atoms with Gasteiger partial charge in [0, 0.05) is 23.4 Å². The lowest BCUT2D eigenvalue weighted by Gasteiger charge is -2.43. The molecular weight excluding hydrogens is 465 g/mol. The summed E-state index contributed by atoms with van der Waals surface area (Å²) >= 11 is 0. The number of rotatable bonds is 5. The van der Waals surface area contributed by atoms with Crippen LogP contribution in [0.3, 0.4) is 0 Å². The van der Waals surface area contributed by atoms with Gasteiger partial charge in [0.15, 0.2) is 9.84 Å². The second-order valence-electron chi connectivity index (χ2n) is 8.84. The number of fused-ring (bicyclic) bond motifs is 1. The van der Waals surface area contributed by atoms with E-state index in [-0.39, 0.29) is 42.1 Å². The van der Waals surface area contributed by atoms with E-state index in [2.05, 4.69) is 20.3 Å². The number of halogens is 1. The number of ether oxygens (including phenoxy) is 2. The van der Waals surface area contributed by atoms with Crippen molar-refractivity contribution in [2.24, 2.45) is 16.6 Å². The third-order valence-corrected chi connectivity index (χ3v) is 8.81. The quantitative estimate of drug-likeness (QED) is 0.642. The number of anilines is 1. The first kappa shape index (κ1) is 24.0. The van der Waals surface area contributed by atoms with Crippen LogP contribution in [0, 0.1) is 11.7 Å². The topological polar surface area (TPSA) is 146 Å². The van der Waals surface area contributed by atoms with E-state index >= 15 is 4.39 Å². The van der Waals surface area contributed by atoms with Crippen molar-refractivity contribution in [1.82, 2.24) is 9.97 Å². The van der Waals surface area contributed by atoms with Crippen LogP contribution in [0.25, 0.3) is 0 Å². The van der Waals surface area contributed by atoms with Crippen LogP contribution in [-0.4, -0.2) is 61.0 Å². The van der Waals surface area contributed by atoms with E-state index in [0.29, 0.717) is 5.69 Å². The molecule has 1 fully saturated rings. The van der Waals surface area contributed by atoms with Crippen molar-refractivity contribution >= 4 is 27.3 Å². The maximum atomic E-state index is 15.2. The molecule has 4 rings (SSSR count). The third-order valence-electron chi connectivity index (χ3n) is 6.80. The Hall–Kier alpha value is -3.12. The van der Waals surface area contributed by atoms with Gasteiger partial charge in [-0.2, -0.15) is 0 Å². The Labute approximate surface area is 196 Å². The number of nitrogens with one attached hydrogen (secondary N) is 1. The van der Waals surface area contributed by atoms with Gasteiger partial charge in [-0.25, -0.2) is 22.8 Å². The van der Waals surface area contributed by atoms with Crippen molar-refractivity contribution in [3.05, 3.63) is 47.7 Å². The van der Waals surface area contributed by atoms with Crippen molar-refractivity contribution in [2.45, 2.75) is 36.7 Å². The van der Waals surface area contributed by atoms with E-state index in [1.165, 1.54) is 44.6 Å². The molecule has 3 N–H and O–H groups in total. The molecule has 1 saturated heterocycles. The molecule has 2 aliphatic heterocycles. The lowest BCUT2D eigenvalue weighted by Crippen LogP contribution is -2.57. The van der Waals surface area contributed by atoms with Crippen molar-refractivity contribution in [1.29, 1.82) is 0 Å². The minimum atomic E-state index is -3.60. The Morgan fingerprint density at radius 2 is 2.06 bits per heavy atom. The zero-order valence-corrected chi connectivity index (χ0v) is 20.0. The number of amidine groups is 1. The zero-order chi connectivity index (χ0) is 24.9. The minimum absolute atomic E-state index is 0.0254. The maximum Gasteiger partial charge on any atom is 0.275 e. The fraction of sp³-hybridized carbons (Fsp3) is 0.455. The van der Waals surface area contributed by atoms with Gasteiger partial charge in [0.2, 0.25) is 5.88 Å². The first-order chi connectivity index (χ1) is 15.9. The molecular formula is C22H26FN5O5S. The van der Waals surface area contributed by atoms with Crippen LogP contribution in [0.1, 0.15) is 36.3 Å². The summed E-state index contributed by atoms with van der Waals surface area (Å²) in [6, 6.07) is 4.10. The number of amides is 1. The van der Waals surface area contributed by atoms with Gasteiger partial charge >= 0.3 is 0 Å². The molecule has 0 aliphatic carbocycles. The molecule has 2 aromatic rings. The Bertz CT molecular complexity index is 1270. The maximum absolute atomic E-state index is 15.2. The van der Waals surface area contributed by atoms with Crippen LogP contribution >= 0.6 is 0 Å². The van der Waals surface area contributed by atoms with Crippen LogP contribution in [-0.2, 0) is 20.1 Å². The highest BCUT2D eigenvalue weighted by Crippen LogP contribution is 2.51. The fourth-order valence-electron chi connectivity index (χ4n) is 4.53. The molecule has 182 valence electrons. The number of methoxy groups -OCH3 is 1. The number of sulfone groups is 1. The van der Waals surface area contributed by atoms with Gasteiger partial charge in [-0.3, -0.25) is 9.79 Å². The van der Waals surface area contributed by atoms with Crippen LogP contribution in [0.15, 0.2) is 35.6 Å². The average Bonchev–Trinajstić information content (AvgIpc) is 3.10. The predicted octanol–water partition coefficient (Wildman–Crippen LogP) is 1.67. The first-order valence-corrected chi connectivity index (χ1v) is 12.4. The predicted molar refractivity (Wildman–Crippen MR) is 123 cm³/mol. The minimum Gasteiger partial charge on any atom is -0.480 e. The number of carbonyl (C=O) groups is 1. The number of aliphatic imine (C=N–C) groups is 1. The second-order valence-corrected chi connectivity index (χ2v) is 11.3. The third kappa shape index (κ3) is 3.80. The summed E-state index contributed by atoms with van der Waals surface area (Å²) in [6.45, 7) is 3.36. The van der Waals surface area contributed by atoms with Crippen LogP contribution in [0.2, 0.25) is 0 Å². The Morgan fingerprint density at radius 1 is 1.32 bits per heavy atom. The first-order valence-electron chi connectivity index (χ1n) is 10.6. The standard InChI is InChI=1S/C22H26FN5O5S/c1-12-15-8-21(2,34(4,30)31)20(24)28-22(15,11-33-12)14-7-13(5-6-16(14)23)27-19(29)17-9-26-18(32-3)10-25-17/h5-7,9-10,12,15H,8,11H2,1-4H3,(H2,24,28)(H,27,29)/t12-,15-,21-,22-/m0/s1. The lowest BCUT2D eigenvalue weighted by molar-refractivity contribution is 0.102. The molecule has 2 aliphatic rings. The molecule has 0 radical (unpaired) electrons. The van der Waals surface area contributed by atoms with Gasteiger partial charge in [0.1, 0.15) is 27.6 Å². The van der Waals surface area contributed by atoms with E-state index in [4.69, 9.17) is 15.2 Å². The highest BCUT2D eigenvalue weighted by Gasteiger charge is 2.59. The average molecular weight is 492 g/mol. The smallest absolute Gasteiger partial charge is 0.275 e. The van der Waals surface area contributed by atoms with Crippen molar-refractivity contribution < 1.29 is 27.1 Å². The van der Waals surface area contributed by atoms with Gasteiger partial charge in [0.25, 0.3) is 5.91 Å². The summed E-state index contributed by atoms with van der Waals surface area (Å²) in [4.78, 5) is 25.2. The number of aromatic nitrogens is 2. The summed E-state index contributed by atoms with van der Waals surface area (Å²) in [6.07, 6.45) is 3.42. The highest BCUT2D eigenvalue weighted by atomic mass is 32.2. The normalized spacial score (nSPS) is 28.7. The second kappa shape index (κ2) is 8.27. The summed E-state index contributed by atoms with van der Waals surface area (Å²) in [7, 11) is -2.17. The Kier molecular flexibility index (Phi) is 5.85. The fourth-order valence-corrected chi connectivity index (χ4v) is 5.43. The monoisotopic (exact) mass is 491 g/mol. The number of nitrogens with two attached hydrogens (primary N) is 1. The van der Waals surface area contributed by atoms with Crippen molar-refractivity contribution in [3.63, 3.8) is 0 Å². The molecule has 34 heavy (non-hydrogen) atoms. The van der Waals surface area contributed by atoms with E-state index in [9.17, 15) is 13.2 Å². The molecule has 3 heterocycles. The molecule has 0 bridgehead atoms. The van der Waals surface area contributed by atoms with Crippen LogP contribution < -0.4 is 15.8 Å². The van der Waals surface area contributed by atoms with Crippen LogP contribution in [0.5, 0.6) is 5.88 Å². The highest BCUT2D eigenvalue weighted by molar-refractivity contribution is 7.92. The Balaban J connectivity index is 1.73. The number of hydrogen-bond acceptors (Lipinski definition) is 9. The van der Waals surface area contributed by atoms with Gasteiger partial charge in [-0.05, 0) is 38.5 Å². The number of nitrogens with zero attached hydrogens (tertiary/aromatic N) is 3. The van der Waals surface area contributed by atoms with Crippen molar-refractivity contribution in [3.8, 4) is 5.88 Å². The van der Waals surface area contributed by atoms with Crippen LogP contribution in [0.4, 0.5) is 10.1 Å². The number of benzene rings is 1. The summed E-state index contributed by atoms with van der Waals surface area (Å²) in [5.74, 6) is -1.40. The molecule has 4 atom stereocenters. The van der Waals surface area contributed by atoms with Gasteiger partial charge in [-0.1, -0.05) is 0 Å². The van der Waals surface area contributed by atoms with Crippen molar-refractivity contribution in [2.75, 3.05) is 25.3 Å². The number of carbonyl (C=O) groups excluding carboxylic acids is 1. The summed E-state index contributed by atoms with van der Waals surface area (Å²) in [5.41, 5.74) is 5.48. The summed E-state index contributed by atoms with van der Waals surface area (Å²) < 4.78 is 49.6. The van der Waals surface area contributed by atoms with Gasteiger partial charge in [0.05, 0.1) is 32.2 Å². The molecule has 1 aromatic heterocycles. The molecule has 1 amide bonds. The van der Waals surface area contributed by atoms with E-state index in [1.807, 2.05) is 0 Å².